The van der Waals surface area contributed by atoms with Gasteiger partial charge in [0, 0.05) is 13.0 Å². The molecule has 0 N–H and O–H groups in total. The lowest BCUT2D eigenvalue weighted by Gasteiger charge is -2.17. The van der Waals surface area contributed by atoms with E-state index in [1.807, 2.05) is 46.7 Å². The Labute approximate surface area is 149 Å². The summed E-state index contributed by atoms with van der Waals surface area (Å²) in [6.07, 6.45) is 0.753. The molecule has 3 heterocycles. The van der Waals surface area contributed by atoms with E-state index < -0.39 is 0 Å². The highest BCUT2D eigenvalue weighted by Crippen LogP contribution is 2.30. The molecule has 7 heteroatoms. The number of hydrogen-bond acceptors (Lipinski definition) is 6. The first-order valence-electron chi connectivity index (χ1n) is 8.10. The molecule has 1 fully saturated rings. The van der Waals surface area contributed by atoms with Crippen molar-refractivity contribution in [3.05, 3.63) is 52.5 Å². The summed E-state index contributed by atoms with van der Waals surface area (Å²) >= 11 is 1.47. The molecule has 0 radical (unpaired) electrons. The maximum Gasteiger partial charge on any atom is 0.264 e. The zero-order chi connectivity index (χ0) is 17.2. The number of ether oxygens (including phenoxy) is 1. The second-order valence-corrected chi connectivity index (χ2v) is 6.85. The topological polar surface area (TPSA) is 68.5 Å². The fourth-order valence-corrected chi connectivity index (χ4v) is 3.59. The third kappa shape index (κ3) is 3.28. The minimum Gasteiger partial charge on any atom is -0.488 e. The minimum absolute atomic E-state index is 0.0471. The van der Waals surface area contributed by atoms with E-state index >= 15 is 0 Å². The Morgan fingerprint density at radius 1 is 1.32 bits per heavy atom. The monoisotopic (exact) mass is 355 g/mol. The van der Waals surface area contributed by atoms with E-state index in [9.17, 15) is 4.79 Å². The van der Waals surface area contributed by atoms with E-state index in [2.05, 4.69) is 10.1 Å². The predicted octanol–water partition coefficient (Wildman–Crippen LogP) is 3.40. The van der Waals surface area contributed by atoms with Gasteiger partial charge in [0.05, 0.1) is 17.0 Å². The number of likely N-dealkylation sites (tertiary alicyclic amines) is 1. The third-order valence-corrected chi connectivity index (χ3v) is 4.96. The number of benzene rings is 1. The van der Waals surface area contributed by atoms with Crippen LogP contribution in [0.1, 0.15) is 21.9 Å². The maximum absolute atomic E-state index is 12.4. The van der Waals surface area contributed by atoms with Crippen molar-refractivity contribution in [2.24, 2.45) is 0 Å². The van der Waals surface area contributed by atoms with Gasteiger partial charge < -0.3 is 14.2 Å². The molecule has 128 valence electrons. The van der Waals surface area contributed by atoms with E-state index in [-0.39, 0.29) is 12.0 Å². The first kappa shape index (κ1) is 15.8. The molecule has 1 saturated heterocycles. The lowest BCUT2D eigenvalue weighted by atomic mass is 10.2. The van der Waals surface area contributed by atoms with Crippen LogP contribution in [0.5, 0.6) is 5.75 Å². The predicted molar refractivity (Wildman–Crippen MR) is 93.7 cm³/mol. The smallest absolute Gasteiger partial charge is 0.264 e. The number of thiophene rings is 1. The summed E-state index contributed by atoms with van der Waals surface area (Å²) in [5, 5.41) is 5.75. The summed E-state index contributed by atoms with van der Waals surface area (Å²) in [5.41, 5.74) is 0.770. The van der Waals surface area contributed by atoms with Crippen LogP contribution in [0.4, 0.5) is 0 Å². The van der Waals surface area contributed by atoms with Crippen molar-refractivity contribution in [3.8, 4) is 17.2 Å². The number of aryl methyl sites for hydroxylation is 1. The number of nitrogens with zero attached hydrogens (tertiary/aromatic N) is 3. The molecule has 6 nitrogen and oxygen atoms in total. The highest BCUT2D eigenvalue weighted by Gasteiger charge is 2.29. The van der Waals surface area contributed by atoms with Crippen molar-refractivity contribution in [2.75, 3.05) is 13.1 Å². The average Bonchev–Trinajstić information content (AvgIpc) is 3.36. The third-order valence-electron chi connectivity index (χ3n) is 4.10. The van der Waals surface area contributed by atoms with E-state index in [4.69, 9.17) is 9.26 Å². The molecule has 1 aromatic carbocycles. The normalized spacial score (nSPS) is 17.0. The van der Waals surface area contributed by atoms with Crippen molar-refractivity contribution in [3.63, 3.8) is 0 Å². The standard InChI is InChI=1S/C18H17N3O3S/c1-12-19-17(24-20-12)14-5-2-3-6-15(14)23-13-8-9-21(11-13)18(22)16-7-4-10-25-16/h2-7,10,13H,8-9,11H2,1H3. The first-order chi connectivity index (χ1) is 12.2. The number of hydrogen-bond donors (Lipinski definition) is 0. The summed E-state index contributed by atoms with van der Waals surface area (Å²) < 4.78 is 11.4. The van der Waals surface area contributed by atoms with Gasteiger partial charge in [0.15, 0.2) is 5.82 Å². The van der Waals surface area contributed by atoms with Crippen LogP contribution < -0.4 is 4.74 Å². The molecule has 25 heavy (non-hydrogen) atoms. The molecular formula is C18H17N3O3S. The van der Waals surface area contributed by atoms with Gasteiger partial charge in [-0.15, -0.1) is 11.3 Å². The van der Waals surface area contributed by atoms with Crippen molar-refractivity contribution in [1.29, 1.82) is 0 Å². The summed E-state index contributed by atoms with van der Waals surface area (Å²) in [6.45, 7) is 3.05. The van der Waals surface area contributed by atoms with Gasteiger partial charge in [0.2, 0.25) is 0 Å². The van der Waals surface area contributed by atoms with E-state index in [1.54, 1.807) is 6.92 Å². The number of rotatable bonds is 4. The lowest BCUT2D eigenvalue weighted by Crippen LogP contribution is -2.30. The Hall–Kier alpha value is -2.67. The molecule has 4 rings (SSSR count). The van der Waals surface area contributed by atoms with Crippen LogP contribution in [0, 0.1) is 6.92 Å². The summed E-state index contributed by atoms with van der Waals surface area (Å²) in [5.74, 6) is 1.79. The molecule has 1 unspecified atom stereocenters. The Bertz CT molecular complexity index is 875. The molecule has 1 aliphatic rings. The number of carbonyl (C=O) groups excluding carboxylic acids is 1. The van der Waals surface area contributed by atoms with Crippen LogP contribution >= 0.6 is 11.3 Å². The largest absolute Gasteiger partial charge is 0.488 e. The Balaban J connectivity index is 1.48. The van der Waals surface area contributed by atoms with Gasteiger partial charge in [0.1, 0.15) is 11.9 Å². The Morgan fingerprint density at radius 3 is 2.96 bits per heavy atom. The number of carbonyl (C=O) groups is 1. The zero-order valence-electron chi connectivity index (χ0n) is 13.7. The van der Waals surface area contributed by atoms with Crippen LogP contribution in [-0.4, -0.2) is 40.1 Å². The second-order valence-electron chi connectivity index (χ2n) is 5.90. The SMILES string of the molecule is Cc1noc(-c2ccccc2OC2CCN(C(=O)c3cccs3)C2)n1. The Kier molecular flexibility index (Phi) is 4.23. The molecule has 1 aliphatic heterocycles. The van der Waals surface area contributed by atoms with Crippen molar-refractivity contribution >= 4 is 17.2 Å². The van der Waals surface area contributed by atoms with Gasteiger partial charge in [-0.2, -0.15) is 4.98 Å². The fourth-order valence-electron chi connectivity index (χ4n) is 2.90. The van der Waals surface area contributed by atoms with Gasteiger partial charge in [0.25, 0.3) is 11.8 Å². The van der Waals surface area contributed by atoms with Gasteiger partial charge in [-0.1, -0.05) is 23.4 Å². The van der Waals surface area contributed by atoms with E-state index in [0.29, 0.717) is 30.6 Å². The number of aromatic nitrogens is 2. The maximum atomic E-state index is 12.4. The Morgan fingerprint density at radius 2 is 2.20 bits per heavy atom. The van der Waals surface area contributed by atoms with Crippen molar-refractivity contribution < 1.29 is 14.1 Å². The summed E-state index contributed by atoms with van der Waals surface area (Å²) in [7, 11) is 0. The van der Waals surface area contributed by atoms with Gasteiger partial charge in [-0.3, -0.25) is 4.79 Å². The first-order valence-corrected chi connectivity index (χ1v) is 8.98. The molecular weight excluding hydrogens is 338 g/mol. The molecule has 0 saturated carbocycles. The fraction of sp³-hybridized carbons (Fsp3) is 0.278. The minimum atomic E-state index is -0.0471. The number of amides is 1. The molecule has 1 amide bonds. The average molecular weight is 355 g/mol. The van der Waals surface area contributed by atoms with Gasteiger partial charge in [-0.25, -0.2) is 0 Å². The van der Waals surface area contributed by atoms with Crippen LogP contribution in [0.2, 0.25) is 0 Å². The van der Waals surface area contributed by atoms with Crippen LogP contribution in [0.25, 0.3) is 11.5 Å². The molecule has 0 bridgehead atoms. The van der Waals surface area contributed by atoms with Gasteiger partial charge >= 0.3 is 0 Å². The molecule has 0 aliphatic carbocycles. The highest BCUT2D eigenvalue weighted by molar-refractivity contribution is 7.12. The molecule has 1 atom stereocenters. The lowest BCUT2D eigenvalue weighted by molar-refractivity contribution is 0.0777. The van der Waals surface area contributed by atoms with Crippen molar-refractivity contribution in [1.82, 2.24) is 15.0 Å². The van der Waals surface area contributed by atoms with Gasteiger partial charge in [-0.05, 0) is 30.5 Å². The van der Waals surface area contributed by atoms with Crippen molar-refractivity contribution in [2.45, 2.75) is 19.4 Å². The van der Waals surface area contributed by atoms with Crippen LogP contribution in [0.3, 0.4) is 0 Å². The van der Waals surface area contributed by atoms with E-state index in [0.717, 1.165) is 16.9 Å². The molecule has 0 spiro atoms. The number of para-hydroxylation sites is 1. The van der Waals surface area contributed by atoms with E-state index in [1.165, 1.54) is 11.3 Å². The summed E-state index contributed by atoms with van der Waals surface area (Å²) in [6, 6.07) is 11.3. The van der Waals surface area contributed by atoms with Crippen LogP contribution in [-0.2, 0) is 0 Å². The zero-order valence-corrected chi connectivity index (χ0v) is 14.5. The second kappa shape index (κ2) is 6.68. The highest BCUT2D eigenvalue weighted by atomic mass is 32.1. The molecule has 2 aromatic heterocycles. The van der Waals surface area contributed by atoms with Crippen LogP contribution in [0.15, 0.2) is 46.3 Å². The quantitative estimate of drug-likeness (QED) is 0.717. The summed E-state index contributed by atoms with van der Waals surface area (Å²) in [4.78, 5) is 19.3. The molecule has 3 aromatic rings.